The minimum atomic E-state index is -3.68. The van der Waals surface area contributed by atoms with Crippen molar-refractivity contribution in [1.82, 2.24) is 24.5 Å². The van der Waals surface area contributed by atoms with Gasteiger partial charge in [-0.1, -0.05) is 56.3 Å². The van der Waals surface area contributed by atoms with Gasteiger partial charge in [-0.05, 0) is 53.3 Å². The third-order valence-electron chi connectivity index (χ3n) is 8.08. The fourth-order valence-electron chi connectivity index (χ4n) is 5.39. The number of fused-ring (bicyclic) bond motifs is 1. The van der Waals surface area contributed by atoms with Crippen LogP contribution in [0.5, 0.6) is 0 Å². The Kier molecular flexibility index (Phi) is 9.41. The van der Waals surface area contributed by atoms with Crippen molar-refractivity contribution in [3.63, 3.8) is 0 Å². The Labute approximate surface area is 287 Å². The summed E-state index contributed by atoms with van der Waals surface area (Å²) < 4.78 is 48.3. The summed E-state index contributed by atoms with van der Waals surface area (Å²) in [5.41, 5.74) is 1.54. The second-order valence-corrected chi connectivity index (χ2v) is 15.1. The number of hydrogen-bond donors (Lipinski definition) is 1. The van der Waals surface area contributed by atoms with Crippen molar-refractivity contribution in [2.45, 2.75) is 46.3 Å². The first-order valence-electron chi connectivity index (χ1n) is 15.7. The van der Waals surface area contributed by atoms with Crippen molar-refractivity contribution >= 4 is 29.9 Å². The van der Waals surface area contributed by atoms with Crippen molar-refractivity contribution in [3.8, 4) is 16.9 Å². The van der Waals surface area contributed by atoms with Gasteiger partial charge in [0.25, 0.3) is 11.1 Å². The molecule has 0 radical (unpaired) electrons. The number of nitrogens with zero attached hydrogens (tertiary/aromatic N) is 5. The molecule has 2 aromatic carbocycles. The van der Waals surface area contributed by atoms with Gasteiger partial charge < -0.3 is 23.5 Å². The number of aromatic nitrogens is 5. The monoisotopic (exact) mass is 698 g/mol. The Hall–Kier alpha value is -5.23. The van der Waals surface area contributed by atoms with E-state index in [9.17, 15) is 14.2 Å². The molecule has 258 valence electrons. The Morgan fingerprint density at radius 3 is 2.44 bits per heavy atom. The molecular weight excluding hydrogens is 662 g/mol. The summed E-state index contributed by atoms with van der Waals surface area (Å²) in [5.74, 6) is 0.220. The maximum atomic E-state index is 15.6. The summed E-state index contributed by atoms with van der Waals surface area (Å²) in [7, 11) is -2.09. The topological polar surface area (TPSA) is 143 Å². The van der Waals surface area contributed by atoms with Gasteiger partial charge in [0, 0.05) is 48.7 Å². The molecule has 0 aliphatic rings. The highest BCUT2D eigenvalue weighted by Crippen LogP contribution is 2.46. The molecule has 0 amide bonds. The van der Waals surface area contributed by atoms with E-state index in [1.54, 1.807) is 44.4 Å². The fourth-order valence-corrected chi connectivity index (χ4v) is 6.21. The van der Waals surface area contributed by atoms with Gasteiger partial charge in [0.2, 0.25) is 0 Å². The molecule has 4 heterocycles. The van der Waals surface area contributed by atoms with Gasteiger partial charge in [-0.2, -0.15) is 9.78 Å². The van der Waals surface area contributed by atoms with Crippen LogP contribution in [0, 0.1) is 12.7 Å². The number of halogens is 1. The van der Waals surface area contributed by atoms with Crippen molar-refractivity contribution in [3.05, 3.63) is 128 Å². The average Bonchev–Trinajstić information content (AvgIpc) is 3.49. The second kappa shape index (κ2) is 13.6. The zero-order valence-corrected chi connectivity index (χ0v) is 29.3. The molecule has 4 aromatic heterocycles. The summed E-state index contributed by atoms with van der Waals surface area (Å²) in [4.78, 5) is 31.6. The third kappa shape index (κ3) is 7.35. The van der Waals surface area contributed by atoms with Crippen LogP contribution in [0.2, 0.25) is 0 Å². The van der Waals surface area contributed by atoms with Gasteiger partial charge in [0.05, 0.1) is 24.8 Å². The van der Waals surface area contributed by atoms with Gasteiger partial charge in [0.15, 0.2) is 11.6 Å². The Morgan fingerprint density at radius 1 is 1.00 bits per heavy atom. The van der Waals surface area contributed by atoms with Crippen molar-refractivity contribution in [1.29, 1.82) is 0 Å². The van der Waals surface area contributed by atoms with E-state index >= 15 is 4.39 Å². The Morgan fingerprint density at radius 2 is 1.74 bits per heavy atom. The first-order chi connectivity index (χ1) is 23.7. The predicted molar refractivity (Wildman–Crippen MR) is 189 cm³/mol. The first kappa shape index (κ1) is 34.6. The van der Waals surface area contributed by atoms with Crippen LogP contribution in [0.25, 0.3) is 27.7 Å². The van der Waals surface area contributed by atoms with Crippen LogP contribution in [0.15, 0.2) is 93.4 Å². The maximum absolute atomic E-state index is 15.6. The largest absolute Gasteiger partial charge is 0.360 e. The minimum absolute atomic E-state index is 0.0206. The van der Waals surface area contributed by atoms with E-state index in [4.69, 9.17) is 13.6 Å². The van der Waals surface area contributed by atoms with Crippen LogP contribution in [-0.2, 0) is 39.3 Å². The lowest BCUT2D eigenvalue weighted by atomic mass is 9.86. The highest BCUT2D eigenvalue weighted by Gasteiger charge is 2.25. The summed E-state index contributed by atoms with van der Waals surface area (Å²) in [6.45, 7) is 8.63. The van der Waals surface area contributed by atoms with E-state index in [1.165, 1.54) is 29.7 Å². The number of aryl methyl sites for hydroxylation is 2. The zero-order chi connectivity index (χ0) is 35.8. The molecule has 1 atom stereocenters. The first-order valence-corrected chi connectivity index (χ1v) is 17.7. The highest BCUT2D eigenvalue weighted by molar-refractivity contribution is 7.52. The molecule has 1 N–H and O–H groups in total. The molecule has 50 heavy (non-hydrogen) atoms. The van der Waals surface area contributed by atoms with Gasteiger partial charge in [-0.15, -0.1) is 0 Å². The van der Waals surface area contributed by atoms with Crippen molar-refractivity contribution in [2.24, 2.45) is 7.05 Å². The number of nitrogens with one attached hydrogen (secondary N) is 1. The van der Waals surface area contributed by atoms with E-state index in [0.29, 0.717) is 39.2 Å². The molecule has 0 aliphatic heterocycles. The van der Waals surface area contributed by atoms with Crippen LogP contribution in [-0.4, -0.2) is 31.2 Å². The van der Waals surface area contributed by atoms with E-state index in [-0.39, 0.29) is 41.1 Å². The van der Waals surface area contributed by atoms with Gasteiger partial charge >= 0.3 is 7.60 Å². The number of hydrogen-bond acceptors (Lipinski definition) is 10. The molecule has 0 spiro atoms. The smallest absolute Gasteiger partial charge is 0.328 e. The highest BCUT2D eigenvalue weighted by atomic mass is 31.2. The third-order valence-corrected chi connectivity index (χ3v) is 9.27. The Bertz CT molecular complexity index is 2380. The zero-order valence-electron chi connectivity index (χ0n) is 28.4. The second-order valence-electron chi connectivity index (χ2n) is 13.0. The molecule has 6 rings (SSSR count). The lowest BCUT2D eigenvalue weighted by molar-refractivity contribution is 0.196. The lowest BCUT2D eigenvalue weighted by Crippen LogP contribution is -2.25. The SMILES string of the molecule is Cc1cc(Nc2cc(-c3ccnc(-n4ncc5cc(C(C)(C)C)cc(F)c5c4=O)c3COP(C)(=O)OCc3ccccc3)cn(C)c2=O)no1. The minimum Gasteiger partial charge on any atom is -0.360 e. The quantitative estimate of drug-likeness (QED) is 0.146. The molecule has 0 saturated carbocycles. The lowest BCUT2D eigenvalue weighted by Gasteiger charge is -2.20. The van der Waals surface area contributed by atoms with Crippen molar-refractivity contribution in [2.75, 3.05) is 12.0 Å². The number of benzene rings is 2. The summed E-state index contributed by atoms with van der Waals surface area (Å²) >= 11 is 0. The summed E-state index contributed by atoms with van der Waals surface area (Å²) in [6.07, 6.45) is 4.48. The normalized spacial score (nSPS) is 13.0. The number of pyridine rings is 2. The van der Waals surface area contributed by atoms with E-state index in [2.05, 4.69) is 20.6 Å². The molecule has 0 fully saturated rings. The van der Waals surface area contributed by atoms with Crippen LogP contribution < -0.4 is 16.4 Å². The molecular formula is C36H36FN6O6P. The molecule has 1 unspecified atom stereocenters. The summed E-state index contributed by atoms with van der Waals surface area (Å²) in [6, 6.07) is 17.2. The molecule has 12 nitrogen and oxygen atoms in total. The molecule has 0 saturated heterocycles. The average molecular weight is 699 g/mol. The van der Waals surface area contributed by atoms with Crippen LogP contribution >= 0.6 is 7.60 Å². The molecule has 6 aromatic rings. The van der Waals surface area contributed by atoms with Gasteiger partial charge in [-0.25, -0.2) is 9.37 Å². The van der Waals surface area contributed by atoms with Gasteiger partial charge in [0.1, 0.15) is 17.3 Å². The van der Waals surface area contributed by atoms with E-state index in [1.807, 2.05) is 51.1 Å². The number of anilines is 2. The van der Waals surface area contributed by atoms with Crippen LogP contribution in [0.1, 0.15) is 43.2 Å². The summed E-state index contributed by atoms with van der Waals surface area (Å²) in [5, 5.41) is 11.5. The molecule has 14 heteroatoms. The van der Waals surface area contributed by atoms with Gasteiger partial charge in [-0.3, -0.25) is 14.2 Å². The standard InChI is InChI=1S/C36H36FN6O6P/c1-22-14-31(41-49-22)40-30-16-25(19-42(5)34(30)44)27-12-13-38-33(28(27)21-48-50(6,46)47-20-23-10-8-7-9-11-23)43-35(45)32-24(18-39-43)15-26(17-29(32)37)36(2,3)4/h7-19H,20-21H2,1-6H3,(H,40,41). The maximum Gasteiger partial charge on any atom is 0.328 e. The van der Waals surface area contributed by atoms with E-state index < -0.39 is 19.0 Å². The predicted octanol–water partition coefficient (Wildman–Crippen LogP) is 7.18. The van der Waals surface area contributed by atoms with Crippen molar-refractivity contribution < 1.29 is 22.5 Å². The number of rotatable bonds is 10. The van der Waals surface area contributed by atoms with Crippen LogP contribution in [0.4, 0.5) is 15.9 Å². The Balaban J connectivity index is 1.47. The van der Waals surface area contributed by atoms with Crippen LogP contribution in [0.3, 0.4) is 0 Å². The molecule has 0 bridgehead atoms. The fraction of sp³-hybridized carbons (Fsp3) is 0.250. The van der Waals surface area contributed by atoms with E-state index in [0.717, 1.165) is 10.2 Å². The molecule has 0 aliphatic carbocycles.